The van der Waals surface area contributed by atoms with E-state index in [0.717, 1.165) is 28.1 Å². The topological polar surface area (TPSA) is 120 Å². The summed E-state index contributed by atoms with van der Waals surface area (Å²) in [5.74, 6) is -0.601. The third-order valence-electron chi connectivity index (χ3n) is 5.49. The SMILES string of the molecule is Cc1nc2c(C(N)=O)cnn2c(C)c1CCC(=O)NCc1ccc(Cn2cccn2)cc1. The third kappa shape index (κ3) is 4.51. The molecule has 0 aliphatic carbocycles. The van der Waals surface area contributed by atoms with E-state index in [1.807, 2.05) is 55.1 Å². The predicted octanol–water partition coefficient (Wildman–Crippen LogP) is 1.94. The first-order chi connectivity index (χ1) is 15.4. The van der Waals surface area contributed by atoms with Gasteiger partial charge in [-0.3, -0.25) is 14.3 Å². The molecule has 0 saturated carbocycles. The van der Waals surface area contributed by atoms with Gasteiger partial charge in [-0.1, -0.05) is 24.3 Å². The number of carbonyl (C=O) groups is 2. The Bertz CT molecular complexity index is 1260. The third-order valence-corrected chi connectivity index (χ3v) is 5.49. The first-order valence-corrected chi connectivity index (χ1v) is 10.4. The molecule has 164 valence electrons. The Labute approximate surface area is 185 Å². The van der Waals surface area contributed by atoms with E-state index in [-0.39, 0.29) is 11.5 Å². The molecule has 3 heterocycles. The van der Waals surface area contributed by atoms with Crippen LogP contribution in [0.4, 0.5) is 0 Å². The van der Waals surface area contributed by atoms with Crippen molar-refractivity contribution in [3.63, 3.8) is 0 Å². The van der Waals surface area contributed by atoms with Gasteiger partial charge in [-0.2, -0.15) is 10.2 Å². The summed E-state index contributed by atoms with van der Waals surface area (Å²) in [5, 5.41) is 11.4. The van der Waals surface area contributed by atoms with Gasteiger partial charge in [0.05, 0.1) is 12.7 Å². The largest absolute Gasteiger partial charge is 0.365 e. The van der Waals surface area contributed by atoms with Crippen molar-refractivity contribution < 1.29 is 9.59 Å². The maximum atomic E-state index is 12.4. The standard InChI is InChI=1S/C23H25N7O2/c1-15-19(16(2)30-23(28-15)20(13-27-30)22(24)32)8-9-21(31)25-12-17-4-6-18(7-5-17)14-29-11-3-10-26-29/h3-7,10-11,13H,8-9,12,14H2,1-2H3,(H2,24,32)(H,25,31). The lowest BCUT2D eigenvalue weighted by Gasteiger charge is -2.12. The van der Waals surface area contributed by atoms with Crippen molar-refractivity contribution in [2.24, 2.45) is 5.73 Å². The minimum atomic E-state index is -0.562. The average Bonchev–Trinajstić information content (AvgIpc) is 3.43. The number of hydrogen-bond acceptors (Lipinski definition) is 5. The fraction of sp³-hybridized carbons (Fsp3) is 0.261. The molecule has 0 bridgehead atoms. The zero-order valence-electron chi connectivity index (χ0n) is 18.1. The van der Waals surface area contributed by atoms with Gasteiger partial charge >= 0.3 is 0 Å². The smallest absolute Gasteiger partial charge is 0.254 e. The molecule has 1 aromatic carbocycles. The molecule has 0 atom stereocenters. The van der Waals surface area contributed by atoms with Crippen molar-refractivity contribution in [3.05, 3.63) is 82.6 Å². The summed E-state index contributed by atoms with van der Waals surface area (Å²) < 4.78 is 3.47. The number of fused-ring (bicyclic) bond motifs is 1. The molecular weight excluding hydrogens is 406 g/mol. The van der Waals surface area contributed by atoms with Crippen LogP contribution >= 0.6 is 0 Å². The zero-order chi connectivity index (χ0) is 22.7. The van der Waals surface area contributed by atoms with Gasteiger partial charge in [-0.05, 0) is 43.0 Å². The molecule has 9 nitrogen and oxygen atoms in total. The summed E-state index contributed by atoms with van der Waals surface area (Å²) in [4.78, 5) is 28.5. The molecule has 3 N–H and O–H groups in total. The Morgan fingerprint density at radius 1 is 1.09 bits per heavy atom. The van der Waals surface area contributed by atoms with E-state index in [9.17, 15) is 9.59 Å². The molecule has 0 unspecified atom stereocenters. The average molecular weight is 432 g/mol. The molecule has 3 aromatic heterocycles. The van der Waals surface area contributed by atoms with Crippen LogP contribution in [0, 0.1) is 13.8 Å². The van der Waals surface area contributed by atoms with Crippen molar-refractivity contribution in [2.75, 3.05) is 0 Å². The fourth-order valence-corrected chi connectivity index (χ4v) is 3.72. The number of carbonyl (C=O) groups excluding carboxylic acids is 2. The number of benzene rings is 1. The highest BCUT2D eigenvalue weighted by Crippen LogP contribution is 2.18. The van der Waals surface area contributed by atoms with Gasteiger partial charge in [-0.25, -0.2) is 9.50 Å². The number of rotatable bonds is 8. The minimum Gasteiger partial charge on any atom is -0.365 e. The van der Waals surface area contributed by atoms with Gasteiger partial charge in [0, 0.05) is 36.7 Å². The Morgan fingerprint density at radius 2 is 1.84 bits per heavy atom. The molecule has 0 fully saturated rings. The number of nitrogens with two attached hydrogens (primary N) is 1. The van der Waals surface area contributed by atoms with E-state index in [2.05, 4.69) is 20.5 Å². The van der Waals surface area contributed by atoms with Gasteiger partial charge in [0.15, 0.2) is 5.65 Å². The van der Waals surface area contributed by atoms with Gasteiger partial charge in [0.25, 0.3) is 5.91 Å². The number of nitrogens with one attached hydrogen (secondary N) is 1. The van der Waals surface area contributed by atoms with Crippen molar-refractivity contribution in [1.82, 2.24) is 29.7 Å². The number of aromatic nitrogens is 5. The lowest BCUT2D eigenvalue weighted by molar-refractivity contribution is -0.121. The second-order valence-electron chi connectivity index (χ2n) is 7.72. The molecule has 0 aliphatic heterocycles. The summed E-state index contributed by atoms with van der Waals surface area (Å²) in [6, 6.07) is 10.0. The van der Waals surface area contributed by atoms with Crippen molar-refractivity contribution >= 4 is 17.5 Å². The van der Waals surface area contributed by atoms with Crippen LogP contribution in [0.2, 0.25) is 0 Å². The van der Waals surface area contributed by atoms with Crippen LogP contribution in [0.1, 0.15) is 44.9 Å². The molecule has 0 radical (unpaired) electrons. The van der Waals surface area contributed by atoms with Crippen LogP contribution in [0.25, 0.3) is 5.65 Å². The van der Waals surface area contributed by atoms with Crippen LogP contribution in [0.15, 0.2) is 48.9 Å². The summed E-state index contributed by atoms with van der Waals surface area (Å²) in [7, 11) is 0. The number of nitrogens with zero attached hydrogens (tertiary/aromatic N) is 5. The predicted molar refractivity (Wildman–Crippen MR) is 119 cm³/mol. The van der Waals surface area contributed by atoms with Crippen molar-refractivity contribution in [2.45, 2.75) is 39.8 Å². The molecule has 4 aromatic rings. The molecule has 2 amide bonds. The fourth-order valence-electron chi connectivity index (χ4n) is 3.72. The highest BCUT2D eigenvalue weighted by Gasteiger charge is 2.17. The summed E-state index contributed by atoms with van der Waals surface area (Å²) in [5.41, 5.74) is 10.9. The molecule has 32 heavy (non-hydrogen) atoms. The van der Waals surface area contributed by atoms with Crippen LogP contribution in [0.5, 0.6) is 0 Å². The maximum Gasteiger partial charge on any atom is 0.254 e. The Balaban J connectivity index is 1.34. The molecule has 4 rings (SSSR count). The van der Waals surface area contributed by atoms with E-state index in [1.54, 1.807) is 10.7 Å². The monoisotopic (exact) mass is 431 g/mol. The first-order valence-electron chi connectivity index (χ1n) is 10.4. The molecule has 0 saturated heterocycles. The molecule has 0 spiro atoms. The van der Waals surface area contributed by atoms with Crippen molar-refractivity contribution in [1.29, 1.82) is 0 Å². The van der Waals surface area contributed by atoms with E-state index in [4.69, 9.17) is 5.73 Å². The Morgan fingerprint density at radius 3 is 2.53 bits per heavy atom. The zero-order valence-corrected chi connectivity index (χ0v) is 18.1. The van der Waals surface area contributed by atoms with E-state index >= 15 is 0 Å². The quantitative estimate of drug-likeness (QED) is 0.442. The van der Waals surface area contributed by atoms with Crippen LogP contribution in [-0.4, -0.2) is 36.2 Å². The second kappa shape index (κ2) is 9.01. The van der Waals surface area contributed by atoms with E-state index < -0.39 is 5.91 Å². The first kappa shape index (κ1) is 21.2. The van der Waals surface area contributed by atoms with Crippen LogP contribution < -0.4 is 11.1 Å². The highest BCUT2D eigenvalue weighted by molar-refractivity contribution is 5.98. The summed E-state index contributed by atoms with van der Waals surface area (Å²) in [6.07, 6.45) is 5.97. The van der Waals surface area contributed by atoms with E-state index in [1.165, 1.54) is 6.20 Å². The van der Waals surface area contributed by atoms with Crippen LogP contribution in [0.3, 0.4) is 0 Å². The summed E-state index contributed by atoms with van der Waals surface area (Å²) in [6.45, 7) is 4.95. The highest BCUT2D eigenvalue weighted by atomic mass is 16.1. The lowest BCUT2D eigenvalue weighted by Crippen LogP contribution is -2.23. The minimum absolute atomic E-state index is 0.0391. The molecule has 0 aliphatic rings. The number of amides is 2. The summed E-state index contributed by atoms with van der Waals surface area (Å²) >= 11 is 0. The van der Waals surface area contributed by atoms with E-state index in [0.29, 0.717) is 31.6 Å². The van der Waals surface area contributed by atoms with Gasteiger partial charge < -0.3 is 11.1 Å². The second-order valence-corrected chi connectivity index (χ2v) is 7.72. The van der Waals surface area contributed by atoms with Crippen LogP contribution in [-0.2, 0) is 24.3 Å². The normalized spacial score (nSPS) is 11.1. The number of aryl methyl sites for hydroxylation is 2. The molecular formula is C23H25N7O2. The Kier molecular flexibility index (Phi) is 5.98. The van der Waals surface area contributed by atoms with Gasteiger partial charge in [-0.15, -0.1) is 0 Å². The van der Waals surface area contributed by atoms with Gasteiger partial charge in [0.2, 0.25) is 5.91 Å². The number of primary amides is 1. The Hall–Kier alpha value is -4.01. The molecule has 9 heteroatoms. The lowest BCUT2D eigenvalue weighted by atomic mass is 10.1. The van der Waals surface area contributed by atoms with Gasteiger partial charge in [0.1, 0.15) is 5.56 Å². The van der Waals surface area contributed by atoms with Crippen molar-refractivity contribution in [3.8, 4) is 0 Å². The maximum absolute atomic E-state index is 12.4. The number of hydrogen-bond donors (Lipinski definition) is 2.